The lowest BCUT2D eigenvalue weighted by molar-refractivity contribution is 0.0545. The number of amides is 2. The number of benzene rings is 1. The zero-order valence-electron chi connectivity index (χ0n) is 11.7. The summed E-state index contributed by atoms with van der Waals surface area (Å²) in [4.78, 5) is 26.2. The number of halogens is 1. The Kier molecular flexibility index (Phi) is 4.13. The van der Waals surface area contributed by atoms with E-state index in [-0.39, 0.29) is 30.3 Å². The molecule has 5 heteroatoms. The Hall–Kier alpha value is -1.20. The van der Waals surface area contributed by atoms with Gasteiger partial charge in [0.1, 0.15) is 0 Å². The molecule has 1 aliphatic heterocycles. The molecule has 0 saturated heterocycles. The molecule has 1 heterocycles. The van der Waals surface area contributed by atoms with Crippen molar-refractivity contribution < 1.29 is 14.7 Å². The monoisotopic (exact) mass is 351 g/mol. The lowest BCUT2D eigenvalue weighted by Gasteiger charge is -2.32. The van der Waals surface area contributed by atoms with Gasteiger partial charge >= 0.3 is 0 Å². The molecule has 3 rings (SSSR count). The van der Waals surface area contributed by atoms with Gasteiger partial charge in [0.2, 0.25) is 0 Å². The molecule has 0 radical (unpaired) electrons. The standard InChI is InChI=1S/C16H18BrNO3/c17-12-5-6-13-14(7-12)16(21)18(15(13)20)8-10-3-1-2-4-11(10)9-19/h5-7,10-11,19H,1-4,8-9H2. The van der Waals surface area contributed by atoms with E-state index in [1.165, 1.54) is 4.90 Å². The molecule has 4 nitrogen and oxygen atoms in total. The number of nitrogens with zero attached hydrogens (tertiary/aromatic N) is 1. The van der Waals surface area contributed by atoms with Crippen LogP contribution in [0.3, 0.4) is 0 Å². The van der Waals surface area contributed by atoms with Crippen LogP contribution in [-0.4, -0.2) is 35.0 Å². The first-order valence-corrected chi connectivity index (χ1v) is 8.17. The topological polar surface area (TPSA) is 57.6 Å². The van der Waals surface area contributed by atoms with Crippen molar-refractivity contribution in [3.05, 3.63) is 33.8 Å². The quantitative estimate of drug-likeness (QED) is 0.851. The third-order valence-electron chi connectivity index (χ3n) is 4.65. The van der Waals surface area contributed by atoms with Gasteiger partial charge in [-0.25, -0.2) is 0 Å². The van der Waals surface area contributed by atoms with Gasteiger partial charge in [-0.2, -0.15) is 0 Å². The van der Waals surface area contributed by atoms with Crippen molar-refractivity contribution in [1.29, 1.82) is 0 Å². The molecule has 1 fully saturated rings. The summed E-state index contributed by atoms with van der Waals surface area (Å²) in [5.74, 6) is 0.00697. The minimum Gasteiger partial charge on any atom is -0.396 e. The molecule has 1 aromatic rings. The summed E-state index contributed by atoms with van der Waals surface area (Å²) in [5, 5.41) is 9.48. The van der Waals surface area contributed by atoms with Crippen molar-refractivity contribution in [2.75, 3.05) is 13.2 Å². The van der Waals surface area contributed by atoms with Crippen LogP contribution in [0.1, 0.15) is 46.4 Å². The molecule has 0 bridgehead atoms. The Balaban J connectivity index is 1.81. The fourth-order valence-electron chi connectivity index (χ4n) is 3.43. The highest BCUT2D eigenvalue weighted by Crippen LogP contribution is 2.33. The Bertz CT molecular complexity index is 587. The first kappa shape index (κ1) is 14.7. The predicted molar refractivity (Wildman–Crippen MR) is 82.0 cm³/mol. The van der Waals surface area contributed by atoms with Crippen molar-refractivity contribution in [2.45, 2.75) is 25.7 Å². The Morgan fingerprint density at radius 2 is 1.76 bits per heavy atom. The van der Waals surface area contributed by atoms with E-state index in [9.17, 15) is 14.7 Å². The van der Waals surface area contributed by atoms with Crippen molar-refractivity contribution in [3.8, 4) is 0 Å². The van der Waals surface area contributed by atoms with E-state index in [2.05, 4.69) is 15.9 Å². The molecule has 2 atom stereocenters. The minimum atomic E-state index is -0.210. The summed E-state index contributed by atoms with van der Waals surface area (Å²) in [6.45, 7) is 0.564. The SMILES string of the molecule is O=C1c2ccc(Br)cc2C(=O)N1CC1CCCCC1CO. The van der Waals surface area contributed by atoms with E-state index in [0.717, 1.165) is 30.2 Å². The van der Waals surface area contributed by atoms with Gasteiger partial charge in [-0.3, -0.25) is 14.5 Å². The van der Waals surface area contributed by atoms with Crippen LogP contribution in [-0.2, 0) is 0 Å². The van der Waals surface area contributed by atoms with Crippen LogP contribution in [0.4, 0.5) is 0 Å². The largest absolute Gasteiger partial charge is 0.396 e. The van der Waals surface area contributed by atoms with Crippen LogP contribution >= 0.6 is 15.9 Å². The van der Waals surface area contributed by atoms with Crippen molar-refractivity contribution in [2.24, 2.45) is 11.8 Å². The predicted octanol–water partition coefficient (Wildman–Crippen LogP) is 2.84. The lowest BCUT2D eigenvalue weighted by atomic mass is 9.79. The van der Waals surface area contributed by atoms with Crippen molar-refractivity contribution in [1.82, 2.24) is 4.90 Å². The Morgan fingerprint density at radius 3 is 2.48 bits per heavy atom. The highest BCUT2D eigenvalue weighted by atomic mass is 79.9. The molecule has 1 N–H and O–H groups in total. The van der Waals surface area contributed by atoms with Gasteiger partial charge in [0.15, 0.2) is 0 Å². The molecule has 1 aromatic carbocycles. The van der Waals surface area contributed by atoms with Crippen LogP contribution in [0.2, 0.25) is 0 Å². The van der Waals surface area contributed by atoms with Gasteiger partial charge in [-0.15, -0.1) is 0 Å². The van der Waals surface area contributed by atoms with E-state index in [0.29, 0.717) is 17.7 Å². The third kappa shape index (κ3) is 2.64. The van der Waals surface area contributed by atoms with E-state index in [4.69, 9.17) is 0 Å². The molecule has 112 valence electrons. The molecule has 1 saturated carbocycles. The Labute approximate surface area is 132 Å². The molecular weight excluding hydrogens is 334 g/mol. The second-order valence-corrected chi connectivity index (χ2v) is 6.81. The van der Waals surface area contributed by atoms with Gasteiger partial charge in [0.25, 0.3) is 11.8 Å². The molecule has 2 unspecified atom stereocenters. The average Bonchev–Trinajstić information content (AvgIpc) is 2.72. The highest BCUT2D eigenvalue weighted by molar-refractivity contribution is 9.10. The van der Waals surface area contributed by atoms with Gasteiger partial charge in [-0.1, -0.05) is 28.8 Å². The summed E-state index contributed by atoms with van der Waals surface area (Å²) in [5.41, 5.74) is 0.963. The number of aliphatic hydroxyl groups is 1. The summed E-state index contributed by atoms with van der Waals surface area (Å²) < 4.78 is 0.801. The van der Waals surface area contributed by atoms with Gasteiger partial charge in [0, 0.05) is 17.6 Å². The molecule has 1 aliphatic carbocycles. The van der Waals surface area contributed by atoms with Gasteiger partial charge < -0.3 is 5.11 Å². The molecule has 21 heavy (non-hydrogen) atoms. The van der Waals surface area contributed by atoms with E-state index in [1.54, 1.807) is 18.2 Å². The summed E-state index contributed by atoms with van der Waals surface area (Å²) >= 11 is 3.34. The number of rotatable bonds is 3. The highest BCUT2D eigenvalue weighted by Gasteiger charge is 2.38. The maximum atomic E-state index is 12.4. The van der Waals surface area contributed by atoms with Crippen LogP contribution in [0.5, 0.6) is 0 Å². The fraction of sp³-hybridized carbons (Fsp3) is 0.500. The maximum absolute atomic E-state index is 12.4. The fourth-order valence-corrected chi connectivity index (χ4v) is 3.79. The summed E-state index contributed by atoms with van der Waals surface area (Å²) in [6.07, 6.45) is 4.19. The lowest BCUT2D eigenvalue weighted by Crippen LogP contribution is -2.39. The Morgan fingerprint density at radius 1 is 1.10 bits per heavy atom. The number of hydrogen-bond acceptors (Lipinski definition) is 3. The van der Waals surface area contributed by atoms with Gasteiger partial charge in [-0.05, 0) is 42.9 Å². The summed E-state index contributed by atoms with van der Waals surface area (Å²) in [6, 6.07) is 5.19. The van der Waals surface area contributed by atoms with Crippen LogP contribution in [0.25, 0.3) is 0 Å². The van der Waals surface area contributed by atoms with Crippen LogP contribution in [0.15, 0.2) is 22.7 Å². The third-order valence-corrected chi connectivity index (χ3v) is 5.14. The smallest absolute Gasteiger partial charge is 0.261 e. The second-order valence-electron chi connectivity index (χ2n) is 5.90. The zero-order valence-corrected chi connectivity index (χ0v) is 13.3. The second kappa shape index (κ2) is 5.89. The average molecular weight is 352 g/mol. The molecule has 2 amide bonds. The normalized spacial score (nSPS) is 25.3. The van der Waals surface area contributed by atoms with E-state index >= 15 is 0 Å². The molecule has 0 spiro atoms. The first-order valence-electron chi connectivity index (χ1n) is 7.38. The van der Waals surface area contributed by atoms with Crippen LogP contribution in [0, 0.1) is 11.8 Å². The number of aliphatic hydroxyl groups excluding tert-OH is 1. The number of fused-ring (bicyclic) bond motifs is 1. The number of carbonyl (C=O) groups excluding carboxylic acids is 2. The summed E-state index contributed by atoms with van der Waals surface area (Å²) in [7, 11) is 0. The molecule has 2 aliphatic rings. The first-order chi connectivity index (χ1) is 10.1. The minimum absolute atomic E-state index is 0.138. The number of imide groups is 1. The van der Waals surface area contributed by atoms with Crippen molar-refractivity contribution in [3.63, 3.8) is 0 Å². The number of hydrogen-bond donors (Lipinski definition) is 1. The van der Waals surface area contributed by atoms with E-state index < -0.39 is 0 Å². The van der Waals surface area contributed by atoms with E-state index in [1.807, 2.05) is 0 Å². The maximum Gasteiger partial charge on any atom is 0.261 e. The molecular formula is C16H18BrNO3. The number of carbonyl (C=O) groups is 2. The van der Waals surface area contributed by atoms with Gasteiger partial charge in [0.05, 0.1) is 11.1 Å². The zero-order chi connectivity index (χ0) is 15.0. The van der Waals surface area contributed by atoms with Crippen molar-refractivity contribution >= 4 is 27.7 Å². The molecule has 0 aromatic heterocycles. The van der Waals surface area contributed by atoms with Crippen LogP contribution < -0.4 is 0 Å².